The Hall–Kier alpha value is -1.11. The Morgan fingerprint density at radius 1 is 1.53 bits per heavy atom. The van der Waals surface area contributed by atoms with E-state index in [0.717, 1.165) is 13.3 Å². The van der Waals surface area contributed by atoms with Gasteiger partial charge in [-0.2, -0.15) is 0 Å². The molecule has 17 heavy (non-hydrogen) atoms. The van der Waals surface area contributed by atoms with E-state index in [1.165, 1.54) is 0 Å². The van der Waals surface area contributed by atoms with Crippen LogP contribution in [0.4, 0.5) is 13.2 Å². The van der Waals surface area contributed by atoms with Gasteiger partial charge in [-0.05, 0) is 5.56 Å². The van der Waals surface area contributed by atoms with Crippen LogP contribution in [0.15, 0.2) is 6.20 Å². The van der Waals surface area contributed by atoms with Crippen molar-refractivity contribution in [2.24, 2.45) is 0 Å². The molecule has 0 aliphatic heterocycles. The van der Waals surface area contributed by atoms with E-state index >= 15 is 0 Å². The molecule has 0 amide bonds. The average Bonchev–Trinajstić information content (AvgIpc) is 2.28. The number of rotatable bonds is 4. The lowest BCUT2D eigenvalue weighted by Gasteiger charge is -2.12. The maximum atomic E-state index is 13.4. The van der Waals surface area contributed by atoms with Crippen LogP contribution in [0.3, 0.4) is 0 Å². The lowest BCUT2D eigenvalue weighted by Crippen LogP contribution is -2.12. The number of nitrogens with zero attached hydrogens (tertiary/aromatic N) is 1. The van der Waals surface area contributed by atoms with E-state index in [1.54, 1.807) is 0 Å². The summed E-state index contributed by atoms with van der Waals surface area (Å²) in [6, 6.07) is 0. The highest BCUT2D eigenvalue weighted by Crippen LogP contribution is 2.27. The number of aromatic nitrogens is 1. The van der Waals surface area contributed by atoms with Crippen LogP contribution < -0.4 is 0 Å². The van der Waals surface area contributed by atoms with Crippen LogP contribution >= 0.6 is 15.9 Å². The van der Waals surface area contributed by atoms with Gasteiger partial charge in [0.25, 0.3) is 6.43 Å². The molecule has 0 N–H and O–H groups in total. The minimum absolute atomic E-state index is 0.000648. The molecular weight excluding hydrogens is 303 g/mol. The number of ether oxygens (including phenoxy) is 1. The number of alkyl halides is 3. The first kappa shape index (κ1) is 14.0. The Kier molecular flexibility index (Phi) is 4.92. The van der Waals surface area contributed by atoms with Gasteiger partial charge < -0.3 is 4.74 Å². The summed E-state index contributed by atoms with van der Waals surface area (Å²) in [5, 5.41) is 0.0212. The molecule has 94 valence electrons. The molecule has 1 rings (SSSR count). The molecule has 0 atom stereocenters. The van der Waals surface area contributed by atoms with E-state index in [1.807, 2.05) is 0 Å². The zero-order valence-electron chi connectivity index (χ0n) is 8.84. The second-order valence-corrected chi connectivity index (χ2v) is 3.70. The minimum Gasteiger partial charge on any atom is -0.469 e. The van der Waals surface area contributed by atoms with E-state index in [-0.39, 0.29) is 16.5 Å². The molecule has 0 aliphatic rings. The number of carbonyl (C=O) groups excluding carboxylic acids is 1. The molecule has 0 aromatic carbocycles. The van der Waals surface area contributed by atoms with Crippen LogP contribution in [-0.2, 0) is 21.3 Å². The summed E-state index contributed by atoms with van der Waals surface area (Å²) in [4.78, 5) is 14.4. The highest BCUT2D eigenvalue weighted by atomic mass is 79.9. The number of hydrogen-bond acceptors (Lipinski definition) is 3. The number of halogens is 4. The summed E-state index contributed by atoms with van der Waals surface area (Å²) in [5.41, 5.74) is -0.712. The molecule has 3 nitrogen and oxygen atoms in total. The van der Waals surface area contributed by atoms with Crippen molar-refractivity contribution in [1.82, 2.24) is 4.98 Å². The minimum atomic E-state index is -2.87. The Bertz CT molecular complexity index is 426. The first-order valence-electron chi connectivity index (χ1n) is 4.58. The topological polar surface area (TPSA) is 39.2 Å². The molecule has 0 saturated heterocycles. The van der Waals surface area contributed by atoms with Gasteiger partial charge in [0.15, 0.2) is 0 Å². The van der Waals surface area contributed by atoms with Crippen LogP contribution in [0.1, 0.15) is 23.2 Å². The van der Waals surface area contributed by atoms with Gasteiger partial charge in [-0.1, -0.05) is 15.9 Å². The lowest BCUT2D eigenvalue weighted by atomic mass is 10.0. The van der Waals surface area contributed by atoms with Gasteiger partial charge in [0.1, 0.15) is 11.5 Å². The summed E-state index contributed by atoms with van der Waals surface area (Å²) in [6.45, 7) is 0. The highest BCUT2D eigenvalue weighted by molar-refractivity contribution is 9.08. The van der Waals surface area contributed by atoms with Crippen molar-refractivity contribution in [3.8, 4) is 0 Å². The lowest BCUT2D eigenvalue weighted by molar-refractivity contribution is -0.139. The second kappa shape index (κ2) is 6.00. The molecule has 1 aromatic rings. The Morgan fingerprint density at radius 2 is 2.18 bits per heavy atom. The van der Waals surface area contributed by atoms with Gasteiger partial charge in [0, 0.05) is 10.9 Å². The average molecular weight is 312 g/mol. The first-order chi connectivity index (χ1) is 8.01. The van der Waals surface area contributed by atoms with Gasteiger partial charge in [0.2, 0.25) is 0 Å². The van der Waals surface area contributed by atoms with E-state index < -0.39 is 30.3 Å². The van der Waals surface area contributed by atoms with Gasteiger partial charge in [-0.3, -0.25) is 9.78 Å². The van der Waals surface area contributed by atoms with E-state index in [2.05, 4.69) is 25.7 Å². The van der Waals surface area contributed by atoms with Crippen molar-refractivity contribution in [3.63, 3.8) is 0 Å². The number of methoxy groups -OCH3 is 1. The number of hydrogen-bond donors (Lipinski definition) is 0. The van der Waals surface area contributed by atoms with Crippen LogP contribution in [0.2, 0.25) is 0 Å². The maximum absolute atomic E-state index is 13.4. The predicted octanol–water partition coefficient (Wildman–Crippen LogP) is 2.77. The fourth-order valence-electron chi connectivity index (χ4n) is 1.33. The number of carbonyl (C=O) groups is 1. The summed E-state index contributed by atoms with van der Waals surface area (Å²) in [6.07, 6.45) is -2.58. The smallest absolute Gasteiger partial charge is 0.310 e. The number of pyridine rings is 1. The summed E-state index contributed by atoms with van der Waals surface area (Å²) in [7, 11) is 1.13. The van der Waals surface area contributed by atoms with Gasteiger partial charge >= 0.3 is 5.97 Å². The van der Waals surface area contributed by atoms with Crippen molar-refractivity contribution in [2.75, 3.05) is 7.11 Å². The summed E-state index contributed by atoms with van der Waals surface area (Å²) >= 11 is 2.99. The van der Waals surface area contributed by atoms with Gasteiger partial charge in [-0.15, -0.1) is 0 Å². The standard InChI is InChI=1S/C10H9BrF3NO2/c1-17-8(16)2-5-6(3-11)7(12)4-15-9(5)10(13)14/h4,10H,2-3H2,1H3. The van der Waals surface area contributed by atoms with Crippen LogP contribution in [-0.4, -0.2) is 18.1 Å². The van der Waals surface area contributed by atoms with Crippen molar-refractivity contribution in [3.05, 3.63) is 28.8 Å². The van der Waals surface area contributed by atoms with E-state index in [4.69, 9.17) is 0 Å². The summed E-state index contributed by atoms with van der Waals surface area (Å²) in [5.74, 6) is -1.45. The van der Waals surface area contributed by atoms with Crippen molar-refractivity contribution >= 4 is 21.9 Å². The second-order valence-electron chi connectivity index (χ2n) is 3.14. The molecule has 0 aliphatic carbocycles. The third-order valence-corrected chi connectivity index (χ3v) is 2.73. The molecule has 0 spiro atoms. The SMILES string of the molecule is COC(=O)Cc1c(C(F)F)ncc(F)c1CBr. The Labute approximate surface area is 104 Å². The third-order valence-electron chi connectivity index (χ3n) is 2.17. The van der Waals surface area contributed by atoms with Crippen LogP contribution in [0.25, 0.3) is 0 Å². The molecule has 0 bridgehead atoms. The number of esters is 1. The first-order valence-corrected chi connectivity index (χ1v) is 5.70. The molecule has 1 aromatic heterocycles. The van der Waals surface area contributed by atoms with Gasteiger partial charge in [0.05, 0.1) is 19.7 Å². The van der Waals surface area contributed by atoms with E-state index in [9.17, 15) is 18.0 Å². The molecule has 0 saturated carbocycles. The zero-order valence-corrected chi connectivity index (χ0v) is 10.4. The molecular formula is C10H9BrF3NO2. The zero-order chi connectivity index (χ0) is 13.0. The fraction of sp³-hybridized carbons (Fsp3) is 0.400. The van der Waals surface area contributed by atoms with Crippen LogP contribution in [0.5, 0.6) is 0 Å². The normalized spacial score (nSPS) is 10.7. The fourth-order valence-corrected chi connectivity index (χ4v) is 1.93. The monoisotopic (exact) mass is 311 g/mol. The summed E-state index contributed by atoms with van der Waals surface area (Å²) < 4.78 is 43.1. The largest absolute Gasteiger partial charge is 0.469 e. The van der Waals surface area contributed by atoms with Crippen molar-refractivity contribution in [1.29, 1.82) is 0 Å². The predicted molar refractivity (Wildman–Crippen MR) is 57.5 cm³/mol. The van der Waals surface area contributed by atoms with Crippen molar-refractivity contribution in [2.45, 2.75) is 18.2 Å². The van der Waals surface area contributed by atoms with Crippen LogP contribution in [0, 0.1) is 5.82 Å². The third kappa shape index (κ3) is 3.18. The quantitative estimate of drug-likeness (QED) is 0.634. The van der Waals surface area contributed by atoms with Gasteiger partial charge in [-0.25, -0.2) is 13.2 Å². The van der Waals surface area contributed by atoms with E-state index in [0.29, 0.717) is 0 Å². The molecule has 0 radical (unpaired) electrons. The Balaban J connectivity index is 3.28. The van der Waals surface area contributed by atoms with Crippen molar-refractivity contribution < 1.29 is 22.7 Å². The maximum Gasteiger partial charge on any atom is 0.310 e. The Morgan fingerprint density at radius 3 is 2.65 bits per heavy atom. The highest BCUT2D eigenvalue weighted by Gasteiger charge is 2.22. The molecule has 0 unspecified atom stereocenters. The molecule has 7 heteroatoms. The molecule has 0 fully saturated rings. The molecule has 1 heterocycles.